The molecule has 0 aliphatic carbocycles. The molecule has 1 fully saturated rings. The third kappa shape index (κ3) is 4.01. The van der Waals surface area contributed by atoms with Gasteiger partial charge in [0.2, 0.25) is 6.29 Å². The molecule has 1 aromatic heterocycles. The first-order chi connectivity index (χ1) is 15.6. The second kappa shape index (κ2) is 8.42. The number of ether oxygens (including phenoxy) is 2. The Morgan fingerprint density at radius 2 is 1.52 bits per heavy atom. The molecule has 4 rings (SSSR count). The van der Waals surface area contributed by atoms with Crippen molar-refractivity contribution in [3.8, 4) is 40.1 Å². The van der Waals surface area contributed by atoms with Crippen molar-refractivity contribution < 1.29 is 54.7 Å². The number of aromatic hydroxyl groups is 4. The summed E-state index contributed by atoms with van der Waals surface area (Å²) in [4.78, 5) is 12.6. The summed E-state index contributed by atoms with van der Waals surface area (Å²) in [6, 6.07) is 4.99. The van der Waals surface area contributed by atoms with E-state index in [0.717, 1.165) is 24.3 Å². The normalized spacial score (nSPS) is 25.3. The number of benzene rings is 2. The van der Waals surface area contributed by atoms with Crippen molar-refractivity contribution >= 4 is 11.0 Å². The highest BCUT2D eigenvalue weighted by molar-refractivity contribution is 5.86. The molecule has 0 spiro atoms. The van der Waals surface area contributed by atoms with Crippen molar-refractivity contribution in [2.45, 2.75) is 30.7 Å². The standard InChI is InChI=1S/C21H20O12/c22-6-16-18(28)19(29)20(30)21(33-16)31-7-1-12(26)17-13(27)5-14(32-15(17)2-7)8-3-10(24)11(25)4-9(8)23/h1-5,16,18-26,28-30H,6H2. The number of fused-ring (bicyclic) bond motifs is 1. The first-order valence-electron chi connectivity index (χ1n) is 9.64. The number of phenolic OH excluding ortho intramolecular Hbond substituents is 4. The lowest BCUT2D eigenvalue weighted by Crippen LogP contribution is -2.60. The molecule has 0 radical (unpaired) electrons. The van der Waals surface area contributed by atoms with E-state index in [-0.39, 0.29) is 28.0 Å². The SMILES string of the molecule is O=c1cc(-c2cc(O)c(O)cc2O)oc2cc(OC3OC(CO)C(O)C(O)C3O)cc(O)c12. The number of phenols is 4. The molecule has 1 saturated heterocycles. The van der Waals surface area contributed by atoms with Gasteiger partial charge in [-0.3, -0.25) is 4.79 Å². The van der Waals surface area contributed by atoms with Crippen LogP contribution in [0.3, 0.4) is 0 Å². The van der Waals surface area contributed by atoms with Crippen LogP contribution in [0.5, 0.6) is 28.7 Å². The average Bonchev–Trinajstić information content (AvgIpc) is 2.76. The van der Waals surface area contributed by atoms with Gasteiger partial charge in [-0.25, -0.2) is 0 Å². The molecule has 12 heteroatoms. The maximum Gasteiger partial charge on any atom is 0.229 e. The van der Waals surface area contributed by atoms with E-state index in [1.54, 1.807) is 0 Å². The Morgan fingerprint density at radius 1 is 0.818 bits per heavy atom. The maximum absolute atomic E-state index is 12.6. The van der Waals surface area contributed by atoms with Gasteiger partial charge in [-0.05, 0) is 6.07 Å². The topological polar surface area (TPSA) is 211 Å². The fourth-order valence-corrected chi connectivity index (χ4v) is 3.51. The van der Waals surface area contributed by atoms with Gasteiger partial charge in [0.15, 0.2) is 16.9 Å². The van der Waals surface area contributed by atoms with Gasteiger partial charge in [0.25, 0.3) is 0 Å². The fraction of sp³-hybridized carbons (Fsp3) is 0.286. The molecule has 5 unspecified atom stereocenters. The predicted octanol–water partition coefficient (Wildman–Crippen LogP) is -0.539. The zero-order valence-electron chi connectivity index (χ0n) is 16.7. The Kier molecular flexibility index (Phi) is 5.78. The molecule has 0 bridgehead atoms. The largest absolute Gasteiger partial charge is 0.507 e. The fourth-order valence-electron chi connectivity index (χ4n) is 3.51. The summed E-state index contributed by atoms with van der Waals surface area (Å²) in [6.07, 6.45) is -7.77. The number of aliphatic hydroxyl groups excluding tert-OH is 4. The number of aliphatic hydroxyl groups is 4. The van der Waals surface area contributed by atoms with E-state index in [0.29, 0.717) is 0 Å². The van der Waals surface area contributed by atoms with Gasteiger partial charge >= 0.3 is 0 Å². The lowest BCUT2D eigenvalue weighted by atomic mass is 9.99. The minimum absolute atomic E-state index is 0.121. The molecule has 5 atom stereocenters. The molecule has 12 nitrogen and oxygen atoms in total. The van der Waals surface area contributed by atoms with E-state index < -0.39 is 65.7 Å². The van der Waals surface area contributed by atoms with Gasteiger partial charge in [-0.1, -0.05) is 0 Å². The number of hydrogen-bond donors (Lipinski definition) is 8. The predicted molar refractivity (Wildman–Crippen MR) is 109 cm³/mol. The van der Waals surface area contributed by atoms with Crippen LogP contribution in [0, 0.1) is 0 Å². The van der Waals surface area contributed by atoms with Crippen molar-refractivity contribution in [2.24, 2.45) is 0 Å². The third-order valence-electron chi connectivity index (χ3n) is 5.24. The molecular formula is C21H20O12. The van der Waals surface area contributed by atoms with Crippen molar-refractivity contribution in [3.63, 3.8) is 0 Å². The Bertz CT molecular complexity index is 1250. The molecule has 2 heterocycles. The monoisotopic (exact) mass is 464 g/mol. The highest BCUT2D eigenvalue weighted by Gasteiger charge is 2.44. The quantitative estimate of drug-likeness (QED) is 0.181. The summed E-state index contributed by atoms with van der Waals surface area (Å²) in [5, 5.41) is 78.5. The minimum Gasteiger partial charge on any atom is -0.507 e. The number of hydrogen-bond acceptors (Lipinski definition) is 12. The second-order valence-corrected chi connectivity index (χ2v) is 7.46. The number of rotatable bonds is 4. The summed E-state index contributed by atoms with van der Waals surface area (Å²) >= 11 is 0. The summed E-state index contributed by atoms with van der Waals surface area (Å²) in [5.74, 6) is -2.58. The molecule has 0 amide bonds. The van der Waals surface area contributed by atoms with Crippen LogP contribution in [0.1, 0.15) is 0 Å². The summed E-state index contributed by atoms with van der Waals surface area (Å²) in [6.45, 7) is -0.672. The van der Waals surface area contributed by atoms with Gasteiger partial charge in [-0.15, -0.1) is 0 Å². The van der Waals surface area contributed by atoms with E-state index in [1.807, 2.05) is 0 Å². The highest BCUT2D eigenvalue weighted by atomic mass is 16.7. The van der Waals surface area contributed by atoms with E-state index in [9.17, 15) is 45.6 Å². The van der Waals surface area contributed by atoms with Crippen molar-refractivity contribution in [1.82, 2.24) is 0 Å². The Morgan fingerprint density at radius 3 is 2.21 bits per heavy atom. The van der Waals surface area contributed by atoms with Crippen molar-refractivity contribution in [2.75, 3.05) is 6.61 Å². The Labute approximate surface area is 184 Å². The van der Waals surface area contributed by atoms with Crippen LogP contribution >= 0.6 is 0 Å². The van der Waals surface area contributed by atoms with Crippen molar-refractivity contribution in [3.05, 3.63) is 40.6 Å². The molecule has 3 aromatic rings. The minimum atomic E-state index is -1.71. The molecule has 0 saturated carbocycles. The molecule has 1 aliphatic rings. The Balaban J connectivity index is 1.75. The smallest absolute Gasteiger partial charge is 0.229 e. The van der Waals surface area contributed by atoms with Crippen LogP contribution in [0.15, 0.2) is 39.5 Å². The first kappa shape index (κ1) is 22.6. The van der Waals surface area contributed by atoms with E-state index in [1.165, 1.54) is 6.07 Å². The van der Waals surface area contributed by atoms with Gasteiger partial charge in [0, 0.05) is 24.3 Å². The van der Waals surface area contributed by atoms with Gasteiger partial charge in [0.1, 0.15) is 58.4 Å². The summed E-state index contributed by atoms with van der Waals surface area (Å²) in [7, 11) is 0. The second-order valence-electron chi connectivity index (χ2n) is 7.46. The summed E-state index contributed by atoms with van der Waals surface area (Å²) in [5.41, 5.74) is -1.02. The summed E-state index contributed by atoms with van der Waals surface area (Å²) < 4.78 is 16.3. The van der Waals surface area contributed by atoms with Gasteiger partial charge < -0.3 is 54.7 Å². The lowest BCUT2D eigenvalue weighted by Gasteiger charge is -2.39. The van der Waals surface area contributed by atoms with Crippen LogP contribution in [0.2, 0.25) is 0 Å². The Hall–Kier alpha value is -3.55. The van der Waals surface area contributed by atoms with Crippen LogP contribution in [0.25, 0.3) is 22.3 Å². The van der Waals surface area contributed by atoms with Crippen LogP contribution < -0.4 is 10.2 Å². The van der Waals surface area contributed by atoms with Crippen molar-refractivity contribution in [1.29, 1.82) is 0 Å². The van der Waals surface area contributed by atoms with E-state index in [2.05, 4.69) is 0 Å². The zero-order valence-corrected chi connectivity index (χ0v) is 16.7. The zero-order chi connectivity index (χ0) is 24.0. The van der Waals surface area contributed by atoms with Gasteiger partial charge in [0.05, 0.1) is 12.2 Å². The molecule has 176 valence electrons. The maximum atomic E-state index is 12.6. The molecule has 33 heavy (non-hydrogen) atoms. The molecular weight excluding hydrogens is 444 g/mol. The lowest BCUT2D eigenvalue weighted by molar-refractivity contribution is -0.277. The molecule has 1 aliphatic heterocycles. The molecule has 8 N–H and O–H groups in total. The van der Waals surface area contributed by atoms with Crippen LogP contribution in [0.4, 0.5) is 0 Å². The van der Waals surface area contributed by atoms with E-state index >= 15 is 0 Å². The highest BCUT2D eigenvalue weighted by Crippen LogP contribution is 2.39. The van der Waals surface area contributed by atoms with E-state index in [4.69, 9.17) is 13.9 Å². The molecule has 2 aromatic carbocycles. The van der Waals surface area contributed by atoms with Gasteiger partial charge in [-0.2, -0.15) is 0 Å². The van der Waals surface area contributed by atoms with Crippen LogP contribution in [-0.2, 0) is 4.74 Å². The average molecular weight is 464 g/mol. The third-order valence-corrected chi connectivity index (χ3v) is 5.24. The van der Waals surface area contributed by atoms with Crippen LogP contribution in [-0.4, -0.2) is 78.2 Å². The first-order valence-corrected chi connectivity index (χ1v) is 9.64.